The normalized spacial score (nSPS) is 10.7. The predicted molar refractivity (Wildman–Crippen MR) is 130 cm³/mol. The van der Waals surface area contributed by atoms with Gasteiger partial charge in [0.2, 0.25) is 5.91 Å². The van der Waals surface area contributed by atoms with Gasteiger partial charge in [0.1, 0.15) is 5.75 Å². The van der Waals surface area contributed by atoms with Crippen molar-refractivity contribution >= 4 is 41.5 Å². The van der Waals surface area contributed by atoms with Gasteiger partial charge in [0.25, 0.3) is 0 Å². The number of ether oxygens (including phenoxy) is 1. The molecule has 0 spiro atoms. The second-order valence-electron chi connectivity index (χ2n) is 6.41. The van der Waals surface area contributed by atoms with Crippen molar-refractivity contribution in [2.75, 3.05) is 26.0 Å². The van der Waals surface area contributed by atoms with Gasteiger partial charge in [0.15, 0.2) is 5.96 Å². The van der Waals surface area contributed by atoms with Crippen molar-refractivity contribution in [1.82, 2.24) is 10.6 Å². The molecule has 158 valence electrons. The number of carbonyl (C=O) groups is 1. The number of para-hydroxylation sites is 1. The quantitative estimate of drug-likeness (QED) is 0.271. The van der Waals surface area contributed by atoms with E-state index < -0.39 is 0 Å². The summed E-state index contributed by atoms with van der Waals surface area (Å²) >= 11 is 0. The first-order valence-corrected chi connectivity index (χ1v) is 9.61. The van der Waals surface area contributed by atoms with Crippen molar-refractivity contribution in [3.8, 4) is 5.75 Å². The van der Waals surface area contributed by atoms with Crippen LogP contribution in [0.5, 0.6) is 5.75 Å². The van der Waals surface area contributed by atoms with Crippen molar-refractivity contribution < 1.29 is 9.53 Å². The number of anilines is 1. The van der Waals surface area contributed by atoms with Gasteiger partial charge in [-0.1, -0.05) is 37.3 Å². The molecule has 0 saturated carbocycles. The molecule has 0 bridgehead atoms. The summed E-state index contributed by atoms with van der Waals surface area (Å²) in [7, 11) is 3.44. The molecule has 2 aromatic rings. The summed E-state index contributed by atoms with van der Waals surface area (Å²) < 4.78 is 5.38. The molecule has 6 nitrogen and oxygen atoms in total. The zero-order valence-electron chi connectivity index (χ0n) is 17.3. The van der Waals surface area contributed by atoms with Gasteiger partial charge in [0, 0.05) is 32.2 Å². The lowest BCUT2D eigenvalue weighted by Gasteiger charge is -2.14. The van der Waals surface area contributed by atoms with Crippen molar-refractivity contribution in [2.24, 2.45) is 4.99 Å². The first-order valence-electron chi connectivity index (χ1n) is 9.61. The Morgan fingerprint density at radius 1 is 1.10 bits per heavy atom. The highest BCUT2D eigenvalue weighted by atomic mass is 127. The van der Waals surface area contributed by atoms with Crippen molar-refractivity contribution in [3.05, 3.63) is 59.7 Å². The Morgan fingerprint density at radius 3 is 2.62 bits per heavy atom. The average molecular weight is 510 g/mol. The predicted octanol–water partition coefficient (Wildman–Crippen LogP) is 3.96. The van der Waals surface area contributed by atoms with Crippen LogP contribution < -0.4 is 20.7 Å². The molecule has 0 fully saturated rings. The molecular formula is C22H31IN4O2. The lowest BCUT2D eigenvalue weighted by atomic mass is 10.1. The third-order valence-electron chi connectivity index (χ3n) is 4.25. The first kappa shape index (κ1) is 24.7. The molecule has 2 rings (SSSR count). The van der Waals surface area contributed by atoms with E-state index in [1.54, 1.807) is 14.2 Å². The fraction of sp³-hybridized carbons (Fsp3) is 0.364. The van der Waals surface area contributed by atoms with Crippen LogP contribution in [-0.2, 0) is 17.8 Å². The SMILES string of the molecule is CCCC(=O)Nc1cccc(CNC(=NC)NCCc2ccccc2OC)c1.I. The standard InChI is InChI=1S/C22H30N4O2.HI/c1-4-8-21(27)26-19-11-7-9-17(15-19)16-25-22(23-2)24-14-13-18-10-5-6-12-20(18)28-3;/h5-7,9-12,15H,4,8,13-14,16H2,1-3H3,(H,26,27)(H2,23,24,25);1H. The average Bonchev–Trinajstić information content (AvgIpc) is 2.71. The number of guanidine groups is 1. The molecule has 3 N–H and O–H groups in total. The summed E-state index contributed by atoms with van der Waals surface area (Å²) in [6, 6.07) is 15.8. The van der Waals surface area contributed by atoms with Gasteiger partial charge >= 0.3 is 0 Å². The summed E-state index contributed by atoms with van der Waals surface area (Å²) in [6.07, 6.45) is 2.21. The van der Waals surface area contributed by atoms with Crippen molar-refractivity contribution in [2.45, 2.75) is 32.7 Å². The number of carbonyl (C=O) groups excluding carboxylic acids is 1. The maximum atomic E-state index is 11.8. The minimum atomic E-state index is 0. The molecule has 0 atom stereocenters. The molecule has 0 aliphatic carbocycles. The Hall–Kier alpha value is -2.29. The molecule has 2 aromatic carbocycles. The zero-order valence-corrected chi connectivity index (χ0v) is 19.7. The molecular weight excluding hydrogens is 479 g/mol. The van der Waals surface area contributed by atoms with Crippen LogP contribution in [0, 0.1) is 0 Å². The maximum Gasteiger partial charge on any atom is 0.224 e. The maximum absolute atomic E-state index is 11.8. The third kappa shape index (κ3) is 8.72. The Bertz CT molecular complexity index is 796. The van der Waals surface area contributed by atoms with Crippen LogP contribution in [0.25, 0.3) is 0 Å². The Kier molecular flexibility index (Phi) is 11.8. The summed E-state index contributed by atoms with van der Waals surface area (Å²) in [4.78, 5) is 16.0. The van der Waals surface area contributed by atoms with Crippen LogP contribution in [0.4, 0.5) is 5.69 Å². The number of rotatable bonds is 9. The summed E-state index contributed by atoms with van der Waals surface area (Å²) in [6.45, 7) is 3.35. The molecule has 0 radical (unpaired) electrons. The van der Waals surface area contributed by atoms with Crippen molar-refractivity contribution in [1.29, 1.82) is 0 Å². The molecule has 1 amide bonds. The number of nitrogens with zero attached hydrogens (tertiary/aromatic N) is 1. The lowest BCUT2D eigenvalue weighted by Crippen LogP contribution is -2.37. The van der Waals surface area contributed by atoms with Crippen LogP contribution >= 0.6 is 24.0 Å². The molecule has 0 aliphatic rings. The van der Waals surface area contributed by atoms with Gasteiger partial charge < -0.3 is 20.7 Å². The molecule has 7 heteroatoms. The molecule has 0 aliphatic heterocycles. The number of hydrogen-bond donors (Lipinski definition) is 3. The summed E-state index contributed by atoms with van der Waals surface area (Å²) in [5.41, 5.74) is 3.04. The second-order valence-corrected chi connectivity index (χ2v) is 6.41. The van der Waals surface area contributed by atoms with E-state index in [1.807, 2.05) is 49.4 Å². The molecule has 0 unspecified atom stereocenters. The van der Waals surface area contributed by atoms with Gasteiger partial charge in [-0.25, -0.2) is 0 Å². The highest BCUT2D eigenvalue weighted by Crippen LogP contribution is 2.17. The number of hydrogen-bond acceptors (Lipinski definition) is 3. The molecule has 0 saturated heterocycles. The largest absolute Gasteiger partial charge is 0.496 e. The molecule has 0 heterocycles. The van der Waals surface area contributed by atoms with E-state index in [0.717, 1.165) is 47.9 Å². The van der Waals surface area contributed by atoms with Crippen LogP contribution in [0.1, 0.15) is 30.9 Å². The smallest absolute Gasteiger partial charge is 0.224 e. The van der Waals surface area contributed by atoms with Crippen LogP contribution in [0.3, 0.4) is 0 Å². The van der Waals surface area contributed by atoms with E-state index >= 15 is 0 Å². The van der Waals surface area contributed by atoms with Gasteiger partial charge in [-0.2, -0.15) is 0 Å². The van der Waals surface area contributed by atoms with Gasteiger partial charge in [0.05, 0.1) is 7.11 Å². The zero-order chi connectivity index (χ0) is 20.2. The Morgan fingerprint density at radius 2 is 1.90 bits per heavy atom. The number of halogens is 1. The van der Waals surface area contributed by atoms with E-state index in [0.29, 0.717) is 13.0 Å². The number of methoxy groups -OCH3 is 1. The minimum Gasteiger partial charge on any atom is -0.496 e. The molecule has 29 heavy (non-hydrogen) atoms. The third-order valence-corrected chi connectivity index (χ3v) is 4.25. The van der Waals surface area contributed by atoms with E-state index in [9.17, 15) is 4.79 Å². The van der Waals surface area contributed by atoms with E-state index in [2.05, 4.69) is 27.0 Å². The summed E-state index contributed by atoms with van der Waals surface area (Å²) in [5, 5.41) is 9.54. The van der Waals surface area contributed by atoms with Gasteiger partial charge in [-0.05, 0) is 42.2 Å². The minimum absolute atomic E-state index is 0. The Labute approximate surface area is 190 Å². The van der Waals surface area contributed by atoms with Crippen LogP contribution in [0.15, 0.2) is 53.5 Å². The number of benzene rings is 2. The summed E-state index contributed by atoms with van der Waals surface area (Å²) in [5.74, 6) is 1.67. The van der Waals surface area contributed by atoms with Crippen LogP contribution in [-0.4, -0.2) is 32.6 Å². The fourth-order valence-electron chi connectivity index (χ4n) is 2.84. The second kappa shape index (κ2) is 13.8. The Balaban J connectivity index is 0.00000420. The van der Waals surface area contributed by atoms with Gasteiger partial charge in [-0.3, -0.25) is 9.79 Å². The highest BCUT2D eigenvalue weighted by Gasteiger charge is 2.04. The topological polar surface area (TPSA) is 74.8 Å². The highest BCUT2D eigenvalue weighted by molar-refractivity contribution is 14.0. The van der Waals surface area contributed by atoms with Gasteiger partial charge in [-0.15, -0.1) is 24.0 Å². The van der Waals surface area contributed by atoms with Crippen LogP contribution in [0.2, 0.25) is 0 Å². The van der Waals surface area contributed by atoms with Crippen molar-refractivity contribution in [3.63, 3.8) is 0 Å². The first-order chi connectivity index (χ1) is 13.7. The van der Waals surface area contributed by atoms with E-state index in [-0.39, 0.29) is 29.9 Å². The number of amides is 1. The molecule has 0 aromatic heterocycles. The van der Waals surface area contributed by atoms with E-state index in [1.165, 1.54) is 0 Å². The number of aliphatic imine (C=N–C) groups is 1. The monoisotopic (exact) mass is 510 g/mol. The lowest BCUT2D eigenvalue weighted by molar-refractivity contribution is -0.116. The number of nitrogens with one attached hydrogen (secondary N) is 3. The van der Waals surface area contributed by atoms with E-state index in [4.69, 9.17) is 4.74 Å². The fourth-order valence-corrected chi connectivity index (χ4v) is 2.84.